The molecule has 0 saturated carbocycles. The molecule has 0 bridgehead atoms. The number of carbonyl (C=O) groups is 1. The summed E-state index contributed by atoms with van der Waals surface area (Å²) in [5.74, 6) is -0.0731. The summed E-state index contributed by atoms with van der Waals surface area (Å²) in [6, 6.07) is 20.0. The number of anilines is 1. The van der Waals surface area contributed by atoms with Crippen LogP contribution in [0.2, 0.25) is 0 Å². The van der Waals surface area contributed by atoms with E-state index in [1.807, 2.05) is 55.6 Å². The lowest BCUT2D eigenvalue weighted by atomic mass is 10.1. The van der Waals surface area contributed by atoms with Gasteiger partial charge in [0.1, 0.15) is 0 Å². The maximum Gasteiger partial charge on any atom is 0.265 e. The Hall–Kier alpha value is -2.85. The summed E-state index contributed by atoms with van der Waals surface area (Å²) < 4.78 is 0. The summed E-state index contributed by atoms with van der Waals surface area (Å²) >= 11 is 1.50. The summed E-state index contributed by atoms with van der Waals surface area (Å²) in [4.78, 5) is 17.4. The SMILES string of the molecule is Cc1ccc(NC(=O)c2ccc(-c3ccc4cc[nH]c4c3)s2)cc1. The van der Waals surface area contributed by atoms with Crippen LogP contribution in [0.15, 0.2) is 66.9 Å². The van der Waals surface area contributed by atoms with Gasteiger partial charge in [0, 0.05) is 22.3 Å². The highest BCUT2D eigenvalue weighted by molar-refractivity contribution is 7.17. The minimum Gasteiger partial charge on any atom is -0.361 e. The Labute approximate surface area is 144 Å². The van der Waals surface area contributed by atoms with Gasteiger partial charge in [0.2, 0.25) is 0 Å². The Morgan fingerprint density at radius 2 is 1.83 bits per heavy atom. The minimum atomic E-state index is -0.0731. The van der Waals surface area contributed by atoms with Crippen LogP contribution in [0.5, 0.6) is 0 Å². The molecule has 0 saturated heterocycles. The molecule has 2 aromatic carbocycles. The Morgan fingerprint density at radius 3 is 2.67 bits per heavy atom. The summed E-state index contributed by atoms with van der Waals surface area (Å²) in [5.41, 5.74) is 4.20. The van der Waals surface area contributed by atoms with Gasteiger partial charge in [-0.25, -0.2) is 0 Å². The number of fused-ring (bicyclic) bond motifs is 1. The summed E-state index contributed by atoms with van der Waals surface area (Å²) in [7, 11) is 0. The summed E-state index contributed by atoms with van der Waals surface area (Å²) in [6.45, 7) is 2.03. The fraction of sp³-hybridized carbons (Fsp3) is 0.0500. The van der Waals surface area contributed by atoms with E-state index in [-0.39, 0.29) is 5.91 Å². The van der Waals surface area contributed by atoms with Crippen LogP contribution in [0.3, 0.4) is 0 Å². The second-order valence-corrected chi connectivity index (χ2v) is 6.85. The number of aromatic nitrogens is 1. The molecule has 0 aliphatic heterocycles. The molecule has 0 atom stereocenters. The molecular weight excluding hydrogens is 316 g/mol. The van der Waals surface area contributed by atoms with Crippen molar-refractivity contribution in [3.63, 3.8) is 0 Å². The van der Waals surface area contributed by atoms with E-state index < -0.39 is 0 Å². The molecule has 2 aromatic heterocycles. The number of amides is 1. The Bertz CT molecular complexity index is 1010. The molecule has 0 radical (unpaired) electrons. The second-order valence-electron chi connectivity index (χ2n) is 5.76. The van der Waals surface area contributed by atoms with Crippen LogP contribution in [-0.2, 0) is 0 Å². The molecule has 0 fully saturated rings. The topological polar surface area (TPSA) is 44.9 Å². The molecule has 4 heteroatoms. The predicted molar refractivity (Wildman–Crippen MR) is 101 cm³/mol. The predicted octanol–water partition coefficient (Wildman–Crippen LogP) is 5.46. The van der Waals surface area contributed by atoms with E-state index in [1.54, 1.807) is 0 Å². The molecular formula is C20H16N2OS. The van der Waals surface area contributed by atoms with Crippen molar-refractivity contribution in [1.82, 2.24) is 4.98 Å². The van der Waals surface area contributed by atoms with Crippen molar-refractivity contribution in [2.45, 2.75) is 6.92 Å². The van der Waals surface area contributed by atoms with Gasteiger partial charge in [0.25, 0.3) is 5.91 Å². The number of carbonyl (C=O) groups excluding carboxylic acids is 1. The van der Waals surface area contributed by atoms with E-state index in [0.717, 1.165) is 21.6 Å². The van der Waals surface area contributed by atoms with E-state index in [4.69, 9.17) is 0 Å². The average molecular weight is 332 g/mol. The largest absolute Gasteiger partial charge is 0.361 e. The molecule has 3 nitrogen and oxygen atoms in total. The first-order valence-electron chi connectivity index (χ1n) is 7.74. The van der Waals surface area contributed by atoms with Crippen LogP contribution >= 0.6 is 11.3 Å². The fourth-order valence-electron chi connectivity index (χ4n) is 2.65. The Kier molecular flexibility index (Phi) is 3.67. The molecule has 4 rings (SSSR count). The van der Waals surface area contributed by atoms with Crippen molar-refractivity contribution in [2.24, 2.45) is 0 Å². The lowest BCUT2D eigenvalue weighted by molar-refractivity contribution is 0.103. The first-order chi connectivity index (χ1) is 11.7. The van der Waals surface area contributed by atoms with Crippen molar-refractivity contribution in [2.75, 3.05) is 5.32 Å². The van der Waals surface area contributed by atoms with Gasteiger partial charge < -0.3 is 10.3 Å². The highest BCUT2D eigenvalue weighted by Crippen LogP contribution is 2.30. The minimum absolute atomic E-state index is 0.0731. The molecule has 2 N–H and O–H groups in total. The van der Waals surface area contributed by atoms with E-state index in [2.05, 4.69) is 28.5 Å². The van der Waals surface area contributed by atoms with Gasteiger partial charge in [0.05, 0.1) is 4.88 Å². The van der Waals surface area contributed by atoms with Crippen LogP contribution in [-0.4, -0.2) is 10.9 Å². The number of aromatic amines is 1. The quantitative estimate of drug-likeness (QED) is 0.514. The third-order valence-corrected chi connectivity index (χ3v) is 5.11. The molecule has 0 spiro atoms. The van der Waals surface area contributed by atoms with Gasteiger partial charge in [-0.3, -0.25) is 4.79 Å². The van der Waals surface area contributed by atoms with Gasteiger partial charge >= 0.3 is 0 Å². The molecule has 118 valence electrons. The molecule has 4 aromatic rings. The number of hydrogen-bond donors (Lipinski definition) is 2. The van der Waals surface area contributed by atoms with Gasteiger partial charge in [-0.05, 0) is 54.3 Å². The molecule has 0 aliphatic rings. The number of nitrogens with one attached hydrogen (secondary N) is 2. The zero-order chi connectivity index (χ0) is 16.5. The average Bonchev–Trinajstić information content (AvgIpc) is 3.25. The van der Waals surface area contributed by atoms with Crippen LogP contribution < -0.4 is 5.32 Å². The van der Waals surface area contributed by atoms with Gasteiger partial charge in [-0.15, -0.1) is 11.3 Å². The maximum absolute atomic E-state index is 12.4. The zero-order valence-corrected chi connectivity index (χ0v) is 14.0. The monoisotopic (exact) mass is 332 g/mol. The smallest absolute Gasteiger partial charge is 0.265 e. The van der Waals surface area contributed by atoms with Gasteiger partial charge in [-0.1, -0.05) is 29.8 Å². The summed E-state index contributed by atoms with van der Waals surface area (Å²) in [5, 5.41) is 4.13. The van der Waals surface area contributed by atoms with Crippen molar-refractivity contribution in [1.29, 1.82) is 0 Å². The Balaban J connectivity index is 1.57. The van der Waals surface area contributed by atoms with E-state index in [9.17, 15) is 4.79 Å². The third kappa shape index (κ3) is 2.84. The third-order valence-electron chi connectivity index (χ3n) is 3.98. The van der Waals surface area contributed by atoms with Crippen molar-refractivity contribution < 1.29 is 4.79 Å². The highest BCUT2D eigenvalue weighted by Gasteiger charge is 2.11. The van der Waals surface area contributed by atoms with Gasteiger partial charge in [-0.2, -0.15) is 0 Å². The summed E-state index contributed by atoms with van der Waals surface area (Å²) in [6.07, 6.45) is 1.93. The molecule has 0 aliphatic carbocycles. The fourth-order valence-corrected chi connectivity index (χ4v) is 3.54. The normalized spacial score (nSPS) is 10.9. The van der Waals surface area contributed by atoms with Crippen molar-refractivity contribution in [3.05, 3.63) is 77.3 Å². The van der Waals surface area contributed by atoms with Crippen LogP contribution in [0.4, 0.5) is 5.69 Å². The zero-order valence-electron chi connectivity index (χ0n) is 13.2. The van der Waals surface area contributed by atoms with E-state index >= 15 is 0 Å². The first kappa shape index (κ1) is 14.7. The number of hydrogen-bond acceptors (Lipinski definition) is 2. The van der Waals surface area contributed by atoms with Gasteiger partial charge in [0.15, 0.2) is 0 Å². The second kappa shape index (κ2) is 5.98. The van der Waals surface area contributed by atoms with Crippen LogP contribution in [0.1, 0.15) is 15.2 Å². The number of aryl methyl sites for hydroxylation is 1. The first-order valence-corrected chi connectivity index (χ1v) is 8.56. The number of benzene rings is 2. The maximum atomic E-state index is 12.4. The lowest BCUT2D eigenvalue weighted by Crippen LogP contribution is -2.09. The standard InChI is InChI=1S/C20H16N2OS/c1-13-2-6-16(7-3-13)22-20(23)19-9-8-18(24-19)15-5-4-14-10-11-21-17(14)12-15/h2-12,21H,1H3,(H,22,23). The van der Waals surface area contributed by atoms with E-state index in [0.29, 0.717) is 4.88 Å². The van der Waals surface area contributed by atoms with E-state index in [1.165, 1.54) is 22.3 Å². The number of rotatable bonds is 3. The lowest BCUT2D eigenvalue weighted by Gasteiger charge is -2.03. The molecule has 2 heterocycles. The highest BCUT2D eigenvalue weighted by atomic mass is 32.1. The van der Waals surface area contributed by atoms with Crippen LogP contribution in [0.25, 0.3) is 21.3 Å². The molecule has 24 heavy (non-hydrogen) atoms. The van der Waals surface area contributed by atoms with Crippen molar-refractivity contribution in [3.8, 4) is 10.4 Å². The van der Waals surface area contributed by atoms with Crippen molar-refractivity contribution >= 4 is 33.8 Å². The van der Waals surface area contributed by atoms with Crippen LogP contribution in [0, 0.1) is 6.92 Å². The molecule has 0 unspecified atom stereocenters. The number of thiophene rings is 1. The Morgan fingerprint density at radius 1 is 1.00 bits per heavy atom. The number of H-pyrrole nitrogens is 1. The molecule has 1 amide bonds.